The smallest absolute Gasteiger partial charge is 0.311 e. The van der Waals surface area contributed by atoms with Crippen molar-refractivity contribution in [2.75, 3.05) is 6.61 Å². The molecule has 0 atom stereocenters. The third-order valence-electron chi connectivity index (χ3n) is 2.16. The number of hydrogen-bond acceptors (Lipinski definition) is 3. The molecule has 100 valence electrons. The number of esters is 1. The minimum absolute atomic E-state index is 0.0911. The van der Waals surface area contributed by atoms with Crippen molar-refractivity contribution in [3.05, 3.63) is 26.6 Å². The topological polar surface area (TPSA) is 39.2 Å². The number of rotatable bonds is 5. The molecular formula is C11H11BrF2INO2. The van der Waals surface area contributed by atoms with Crippen LogP contribution in [0.25, 0.3) is 0 Å². The summed E-state index contributed by atoms with van der Waals surface area (Å²) in [6.07, 6.45) is -2.68. The molecule has 1 heterocycles. The summed E-state index contributed by atoms with van der Waals surface area (Å²) in [5.74, 6) is -0.465. The molecule has 0 aliphatic heterocycles. The molecule has 0 saturated carbocycles. The fourth-order valence-electron chi connectivity index (χ4n) is 1.39. The lowest BCUT2D eigenvalue weighted by molar-refractivity contribution is -0.142. The number of alkyl halides is 3. The van der Waals surface area contributed by atoms with Gasteiger partial charge in [-0.1, -0.05) is 15.9 Å². The number of carbonyl (C=O) groups excluding carboxylic acids is 1. The van der Waals surface area contributed by atoms with Gasteiger partial charge in [-0.15, -0.1) is 0 Å². The van der Waals surface area contributed by atoms with E-state index in [2.05, 4.69) is 20.9 Å². The first-order valence-electron chi connectivity index (χ1n) is 5.17. The highest BCUT2D eigenvalue weighted by Gasteiger charge is 2.18. The van der Waals surface area contributed by atoms with E-state index in [1.54, 1.807) is 6.92 Å². The summed E-state index contributed by atoms with van der Waals surface area (Å²) in [5, 5.41) is 0.303. The van der Waals surface area contributed by atoms with Gasteiger partial charge in [-0.2, -0.15) is 0 Å². The molecule has 3 nitrogen and oxygen atoms in total. The van der Waals surface area contributed by atoms with Crippen molar-refractivity contribution < 1.29 is 18.3 Å². The molecule has 0 N–H and O–H groups in total. The predicted molar refractivity (Wildman–Crippen MR) is 74.9 cm³/mol. The monoisotopic (exact) mass is 433 g/mol. The average molecular weight is 434 g/mol. The van der Waals surface area contributed by atoms with Crippen LogP contribution >= 0.6 is 38.5 Å². The first-order valence-corrected chi connectivity index (χ1v) is 7.37. The second-order valence-electron chi connectivity index (χ2n) is 3.39. The summed E-state index contributed by atoms with van der Waals surface area (Å²) < 4.78 is 31.0. The Morgan fingerprint density at radius 2 is 2.28 bits per heavy atom. The van der Waals surface area contributed by atoms with Gasteiger partial charge < -0.3 is 4.74 Å². The maximum atomic E-state index is 12.9. The highest BCUT2D eigenvalue weighted by atomic mass is 127. The molecule has 0 aromatic carbocycles. The van der Waals surface area contributed by atoms with Gasteiger partial charge in [-0.25, -0.2) is 13.8 Å². The average Bonchev–Trinajstić information content (AvgIpc) is 2.28. The zero-order valence-corrected chi connectivity index (χ0v) is 13.3. The molecule has 0 aliphatic rings. The van der Waals surface area contributed by atoms with Crippen molar-refractivity contribution in [2.24, 2.45) is 0 Å². The minimum atomic E-state index is -2.59. The molecule has 0 radical (unpaired) electrons. The van der Waals surface area contributed by atoms with Gasteiger partial charge in [0.2, 0.25) is 0 Å². The number of halogens is 4. The van der Waals surface area contributed by atoms with Crippen LogP contribution in [0.1, 0.15) is 30.2 Å². The van der Waals surface area contributed by atoms with Crippen molar-refractivity contribution in [1.82, 2.24) is 4.98 Å². The Kier molecular flexibility index (Phi) is 6.40. The van der Waals surface area contributed by atoms with Crippen molar-refractivity contribution in [3.8, 4) is 0 Å². The van der Waals surface area contributed by atoms with Gasteiger partial charge in [-0.3, -0.25) is 4.79 Å². The van der Waals surface area contributed by atoms with E-state index >= 15 is 0 Å². The maximum absolute atomic E-state index is 12.9. The molecule has 0 saturated heterocycles. The molecule has 0 unspecified atom stereocenters. The number of hydrogen-bond donors (Lipinski definition) is 0. The third kappa shape index (κ3) is 4.11. The molecule has 1 aromatic rings. The van der Waals surface area contributed by atoms with E-state index in [4.69, 9.17) is 4.74 Å². The van der Waals surface area contributed by atoms with Gasteiger partial charge in [0.25, 0.3) is 6.43 Å². The molecule has 0 fully saturated rings. The highest BCUT2D eigenvalue weighted by Crippen LogP contribution is 2.28. The summed E-state index contributed by atoms with van der Waals surface area (Å²) in [4.78, 5) is 15.4. The molecule has 0 aliphatic carbocycles. The van der Waals surface area contributed by atoms with Gasteiger partial charge in [0.15, 0.2) is 0 Å². The van der Waals surface area contributed by atoms with E-state index in [-0.39, 0.29) is 18.6 Å². The number of nitrogens with zero attached hydrogens (tertiary/aromatic N) is 1. The SMILES string of the molecule is CCOC(=O)Cc1cc(C(F)F)c(CBr)c(I)n1. The predicted octanol–water partition coefficient (Wildman–Crippen LogP) is 3.62. The number of aromatic nitrogens is 1. The minimum Gasteiger partial charge on any atom is -0.466 e. The fraction of sp³-hybridized carbons (Fsp3) is 0.455. The van der Waals surface area contributed by atoms with Gasteiger partial charge in [0, 0.05) is 16.5 Å². The third-order valence-corrected chi connectivity index (χ3v) is 3.61. The van der Waals surface area contributed by atoms with Gasteiger partial charge in [0.05, 0.1) is 18.7 Å². The molecule has 1 rings (SSSR count). The molecule has 1 aromatic heterocycles. The zero-order chi connectivity index (χ0) is 13.7. The number of pyridine rings is 1. The summed E-state index contributed by atoms with van der Waals surface area (Å²) >= 11 is 5.04. The highest BCUT2D eigenvalue weighted by molar-refractivity contribution is 14.1. The molecule has 7 heteroatoms. The number of ether oxygens (including phenoxy) is 1. The van der Waals surface area contributed by atoms with E-state index < -0.39 is 12.4 Å². The van der Waals surface area contributed by atoms with Gasteiger partial charge in [-0.05, 0) is 35.6 Å². The van der Waals surface area contributed by atoms with Crippen LogP contribution in [0.4, 0.5) is 8.78 Å². The number of carbonyl (C=O) groups is 1. The van der Waals surface area contributed by atoms with E-state index in [1.165, 1.54) is 6.07 Å². The van der Waals surface area contributed by atoms with Crippen LogP contribution in [-0.4, -0.2) is 17.6 Å². The maximum Gasteiger partial charge on any atom is 0.311 e. The normalized spacial score (nSPS) is 10.8. The standard InChI is InChI=1S/C11H11BrF2INO2/c1-2-18-9(17)4-6-3-7(10(13)14)8(5-12)11(15)16-6/h3,10H,2,4-5H2,1H3. The molecule has 0 spiro atoms. The molecule has 0 amide bonds. The quantitative estimate of drug-likeness (QED) is 0.308. The second-order valence-corrected chi connectivity index (χ2v) is 4.97. The lowest BCUT2D eigenvalue weighted by Crippen LogP contribution is -2.11. The summed E-state index contributed by atoms with van der Waals surface area (Å²) in [6, 6.07) is 1.26. The Morgan fingerprint density at radius 3 is 2.78 bits per heavy atom. The van der Waals surface area contributed by atoms with Crippen LogP contribution in [0.5, 0.6) is 0 Å². The van der Waals surface area contributed by atoms with Crippen molar-refractivity contribution in [3.63, 3.8) is 0 Å². The first-order chi connectivity index (χ1) is 8.49. The van der Waals surface area contributed by atoms with Crippen molar-refractivity contribution >= 4 is 44.5 Å². The largest absolute Gasteiger partial charge is 0.466 e. The molecule has 18 heavy (non-hydrogen) atoms. The Hall–Kier alpha value is -0.310. The zero-order valence-electron chi connectivity index (χ0n) is 9.55. The van der Waals surface area contributed by atoms with E-state index in [1.807, 2.05) is 22.6 Å². The van der Waals surface area contributed by atoms with Crippen LogP contribution in [0.3, 0.4) is 0 Å². The van der Waals surface area contributed by atoms with Crippen LogP contribution < -0.4 is 0 Å². The Balaban J connectivity index is 3.05. The second kappa shape index (κ2) is 7.32. The first kappa shape index (κ1) is 15.7. The lowest BCUT2D eigenvalue weighted by Gasteiger charge is -2.11. The van der Waals surface area contributed by atoms with Crippen LogP contribution in [-0.2, 0) is 21.3 Å². The van der Waals surface area contributed by atoms with Gasteiger partial charge in [0.1, 0.15) is 3.70 Å². The van der Waals surface area contributed by atoms with Crippen LogP contribution in [0.15, 0.2) is 6.07 Å². The Morgan fingerprint density at radius 1 is 1.61 bits per heavy atom. The lowest BCUT2D eigenvalue weighted by atomic mass is 10.1. The van der Waals surface area contributed by atoms with Crippen molar-refractivity contribution in [1.29, 1.82) is 0 Å². The summed E-state index contributed by atoms with van der Waals surface area (Å²) in [6.45, 7) is 1.95. The Bertz CT molecular complexity index is 443. The van der Waals surface area contributed by atoms with Crippen molar-refractivity contribution in [2.45, 2.75) is 25.1 Å². The summed E-state index contributed by atoms with van der Waals surface area (Å²) in [5.41, 5.74) is 0.668. The van der Waals surface area contributed by atoms with E-state index in [9.17, 15) is 13.6 Å². The fourth-order valence-corrected chi connectivity index (χ4v) is 3.31. The van der Waals surface area contributed by atoms with Gasteiger partial charge >= 0.3 is 5.97 Å². The van der Waals surface area contributed by atoms with E-state index in [0.717, 1.165) is 0 Å². The van der Waals surface area contributed by atoms with Crippen LogP contribution in [0, 0.1) is 3.70 Å². The summed E-state index contributed by atoms with van der Waals surface area (Å²) in [7, 11) is 0. The van der Waals surface area contributed by atoms with Crippen LogP contribution in [0.2, 0.25) is 0 Å². The molecular weight excluding hydrogens is 423 g/mol. The molecule has 0 bridgehead atoms. The van der Waals surface area contributed by atoms with E-state index in [0.29, 0.717) is 20.3 Å². The Labute approximate surface area is 126 Å².